The Morgan fingerprint density at radius 2 is 1.95 bits per heavy atom. The van der Waals surface area contributed by atoms with E-state index in [1.165, 1.54) is 0 Å². The van der Waals surface area contributed by atoms with E-state index < -0.39 is 0 Å². The Morgan fingerprint density at radius 3 is 2.60 bits per heavy atom. The van der Waals surface area contributed by atoms with Crippen molar-refractivity contribution < 1.29 is 4.79 Å². The van der Waals surface area contributed by atoms with Crippen LogP contribution < -0.4 is 11.1 Å². The molecule has 0 aromatic heterocycles. The second-order valence-electron chi connectivity index (χ2n) is 4.49. The summed E-state index contributed by atoms with van der Waals surface area (Å²) in [4.78, 5) is 12.2. The molecule has 0 bridgehead atoms. The van der Waals surface area contributed by atoms with Gasteiger partial charge in [0, 0.05) is 20.2 Å². The number of halogens is 2. The van der Waals surface area contributed by atoms with Crippen molar-refractivity contribution in [3.8, 4) is 0 Å². The fourth-order valence-electron chi connectivity index (χ4n) is 1.82. The molecule has 0 aliphatic carbocycles. The van der Waals surface area contributed by atoms with E-state index in [1.807, 2.05) is 31.2 Å². The highest BCUT2D eigenvalue weighted by Gasteiger charge is 2.12. The van der Waals surface area contributed by atoms with Crippen molar-refractivity contribution in [1.82, 2.24) is 5.32 Å². The van der Waals surface area contributed by atoms with Crippen LogP contribution in [0, 0.1) is 0 Å². The summed E-state index contributed by atoms with van der Waals surface area (Å²) >= 11 is 6.74. The zero-order valence-corrected chi connectivity index (χ0v) is 14.0. The molecule has 3 N–H and O–H groups in total. The number of carbonyl (C=O) groups excluding carboxylic acids is 1. The Kier molecular flexibility index (Phi) is 4.83. The normalized spacial score (nSPS) is 11.9. The first-order chi connectivity index (χ1) is 9.47. The molecule has 2 aromatic carbocycles. The maximum atomic E-state index is 12.2. The van der Waals surface area contributed by atoms with E-state index >= 15 is 0 Å². The third-order valence-corrected chi connectivity index (χ3v) is 4.17. The van der Waals surface area contributed by atoms with E-state index in [2.05, 4.69) is 37.2 Å². The lowest BCUT2D eigenvalue weighted by molar-refractivity contribution is 0.0940. The minimum atomic E-state index is -0.142. The lowest BCUT2D eigenvalue weighted by atomic mass is 10.1. The van der Waals surface area contributed by atoms with E-state index in [-0.39, 0.29) is 11.9 Å². The highest BCUT2D eigenvalue weighted by Crippen LogP contribution is 2.21. The van der Waals surface area contributed by atoms with Crippen LogP contribution in [0.4, 0.5) is 5.69 Å². The number of benzene rings is 2. The Balaban J connectivity index is 2.13. The van der Waals surface area contributed by atoms with E-state index in [0.29, 0.717) is 11.3 Å². The second kappa shape index (κ2) is 6.41. The average molecular weight is 398 g/mol. The Morgan fingerprint density at radius 1 is 1.20 bits per heavy atom. The van der Waals surface area contributed by atoms with Gasteiger partial charge in [-0.1, -0.05) is 28.1 Å². The van der Waals surface area contributed by atoms with Gasteiger partial charge in [-0.15, -0.1) is 0 Å². The minimum Gasteiger partial charge on any atom is -0.398 e. The molecule has 1 unspecified atom stereocenters. The van der Waals surface area contributed by atoms with Crippen LogP contribution in [0.3, 0.4) is 0 Å². The standard InChI is InChI=1S/C15H14Br2N2O/c1-9(10-3-2-4-12(16)7-10)19-15(20)11-5-6-13(17)14(18)8-11/h2-9H,18H2,1H3,(H,19,20). The van der Waals surface area contributed by atoms with Gasteiger partial charge in [-0.05, 0) is 58.7 Å². The summed E-state index contributed by atoms with van der Waals surface area (Å²) in [7, 11) is 0. The monoisotopic (exact) mass is 396 g/mol. The molecule has 0 fully saturated rings. The van der Waals surface area contributed by atoms with Crippen LogP contribution in [0.1, 0.15) is 28.9 Å². The van der Waals surface area contributed by atoms with E-state index in [1.54, 1.807) is 18.2 Å². The zero-order chi connectivity index (χ0) is 14.7. The van der Waals surface area contributed by atoms with Crippen molar-refractivity contribution in [3.05, 3.63) is 62.5 Å². The first-order valence-corrected chi connectivity index (χ1v) is 7.67. The number of amides is 1. The van der Waals surface area contributed by atoms with Gasteiger partial charge in [0.2, 0.25) is 0 Å². The van der Waals surface area contributed by atoms with E-state index in [0.717, 1.165) is 14.5 Å². The number of nitrogens with one attached hydrogen (secondary N) is 1. The summed E-state index contributed by atoms with van der Waals surface area (Å²) in [6.07, 6.45) is 0. The average Bonchev–Trinajstić information content (AvgIpc) is 2.41. The molecular formula is C15H14Br2N2O. The summed E-state index contributed by atoms with van der Waals surface area (Å²) < 4.78 is 1.78. The SMILES string of the molecule is CC(NC(=O)c1ccc(Br)c(N)c1)c1cccc(Br)c1. The number of hydrogen-bond acceptors (Lipinski definition) is 2. The quantitative estimate of drug-likeness (QED) is 0.759. The first-order valence-electron chi connectivity index (χ1n) is 6.08. The van der Waals surface area contributed by atoms with Gasteiger partial charge >= 0.3 is 0 Å². The van der Waals surface area contributed by atoms with Crippen molar-refractivity contribution in [2.24, 2.45) is 0 Å². The summed E-state index contributed by atoms with van der Waals surface area (Å²) in [5.41, 5.74) is 7.92. The minimum absolute atomic E-state index is 0.0788. The Labute approximate surface area is 134 Å². The number of carbonyl (C=O) groups is 1. The maximum absolute atomic E-state index is 12.2. The summed E-state index contributed by atoms with van der Waals surface area (Å²) in [6, 6.07) is 13.0. The largest absolute Gasteiger partial charge is 0.398 e. The molecule has 0 saturated carbocycles. The highest BCUT2D eigenvalue weighted by atomic mass is 79.9. The fraction of sp³-hybridized carbons (Fsp3) is 0.133. The summed E-state index contributed by atoms with van der Waals surface area (Å²) in [5, 5.41) is 2.96. The summed E-state index contributed by atoms with van der Waals surface area (Å²) in [6.45, 7) is 1.95. The van der Waals surface area contributed by atoms with Gasteiger partial charge in [-0.25, -0.2) is 0 Å². The Hall–Kier alpha value is -1.33. The van der Waals surface area contributed by atoms with Gasteiger partial charge in [-0.3, -0.25) is 4.79 Å². The molecule has 1 amide bonds. The Bertz CT molecular complexity index is 644. The van der Waals surface area contributed by atoms with Crippen molar-refractivity contribution >= 4 is 43.5 Å². The molecular weight excluding hydrogens is 384 g/mol. The molecule has 104 valence electrons. The third-order valence-electron chi connectivity index (χ3n) is 2.95. The molecule has 20 heavy (non-hydrogen) atoms. The molecule has 0 aliphatic heterocycles. The number of nitrogen functional groups attached to an aromatic ring is 1. The molecule has 2 aromatic rings. The molecule has 0 aliphatic rings. The van der Waals surface area contributed by atoms with Gasteiger partial charge in [0.15, 0.2) is 0 Å². The lowest BCUT2D eigenvalue weighted by Gasteiger charge is -2.15. The molecule has 0 saturated heterocycles. The molecule has 2 rings (SSSR count). The van der Waals surface area contributed by atoms with Crippen LogP contribution in [0.25, 0.3) is 0 Å². The zero-order valence-electron chi connectivity index (χ0n) is 10.9. The lowest BCUT2D eigenvalue weighted by Crippen LogP contribution is -2.26. The highest BCUT2D eigenvalue weighted by molar-refractivity contribution is 9.10. The molecule has 3 nitrogen and oxygen atoms in total. The van der Waals surface area contributed by atoms with Crippen LogP contribution in [0.2, 0.25) is 0 Å². The van der Waals surface area contributed by atoms with Crippen LogP contribution >= 0.6 is 31.9 Å². The van der Waals surface area contributed by atoms with Crippen molar-refractivity contribution in [2.45, 2.75) is 13.0 Å². The number of anilines is 1. The molecule has 0 radical (unpaired) electrons. The van der Waals surface area contributed by atoms with Crippen molar-refractivity contribution in [3.63, 3.8) is 0 Å². The van der Waals surface area contributed by atoms with Crippen molar-refractivity contribution in [2.75, 3.05) is 5.73 Å². The van der Waals surface area contributed by atoms with Gasteiger partial charge in [0.1, 0.15) is 0 Å². The van der Waals surface area contributed by atoms with Crippen molar-refractivity contribution in [1.29, 1.82) is 0 Å². The van der Waals surface area contributed by atoms with Gasteiger partial charge in [-0.2, -0.15) is 0 Å². The van der Waals surface area contributed by atoms with Gasteiger partial charge in [0.05, 0.1) is 6.04 Å². The number of rotatable bonds is 3. The predicted molar refractivity (Wildman–Crippen MR) is 88.6 cm³/mol. The van der Waals surface area contributed by atoms with Gasteiger partial charge in [0.25, 0.3) is 5.91 Å². The first kappa shape index (κ1) is 15.1. The number of nitrogens with two attached hydrogens (primary N) is 1. The maximum Gasteiger partial charge on any atom is 0.251 e. The second-order valence-corrected chi connectivity index (χ2v) is 6.26. The van der Waals surface area contributed by atoms with E-state index in [4.69, 9.17) is 5.73 Å². The summed E-state index contributed by atoms with van der Waals surface area (Å²) in [5.74, 6) is -0.142. The van der Waals surface area contributed by atoms with Crippen LogP contribution in [0.15, 0.2) is 51.4 Å². The fourth-order valence-corrected chi connectivity index (χ4v) is 2.49. The van der Waals surface area contributed by atoms with E-state index in [9.17, 15) is 4.79 Å². The molecule has 5 heteroatoms. The molecule has 0 heterocycles. The van der Waals surface area contributed by atoms with Crippen LogP contribution in [-0.4, -0.2) is 5.91 Å². The topological polar surface area (TPSA) is 55.1 Å². The third kappa shape index (κ3) is 3.61. The van der Waals surface area contributed by atoms with Gasteiger partial charge < -0.3 is 11.1 Å². The van der Waals surface area contributed by atoms with Crippen LogP contribution in [-0.2, 0) is 0 Å². The van der Waals surface area contributed by atoms with Crippen LogP contribution in [0.5, 0.6) is 0 Å². The molecule has 1 atom stereocenters. The smallest absolute Gasteiger partial charge is 0.251 e. The molecule has 0 spiro atoms. The predicted octanol–water partition coefficient (Wildman–Crippen LogP) is 4.28. The number of hydrogen-bond donors (Lipinski definition) is 2.